The quantitative estimate of drug-likeness (QED) is 0.280. The number of nitrogens with zero attached hydrogens (tertiary/aromatic N) is 3. The summed E-state index contributed by atoms with van der Waals surface area (Å²) in [5, 5.41) is 7.24. The molecule has 0 aliphatic carbocycles. The number of carbonyl (C=O) groups excluding carboxylic acids is 1. The van der Waals surface area contributed by atoms with Crippen LogP contribution in [-0.4, -0.2) is 20.6 Å². The second-order valence-corrected chi connectivity index (χ2v) is 10.5. The highest BCUT2D eigenvalue weighted by atomic mass is 32.1. The fourth-order valence-electron chi connectivity index (χ4n) is 5.23. The maximum absolute atomic E-state index is 12.3. The van der Waals surface area contributed by atoms with Crippen molar-refractivity contribution in [1.29, 1.82) is 0 Å². The van der Waals surface area contributed by atoms with Gasteiger partial charge in [0, 0.05) is 40.6 Å². The molecular formula is C31H33N5OS. The smallest absolute Gasteiger partial charge is 0.226 e. The van der Waals surface area contributed by atoms with Gasteiger partial charge in [0.2, 0.25) is 5.91 Å². The van der Waals surface area contributed by atoms with Crippen molar-refractivity contribution in [2.75, 3.05) is 10.2 Å². The second kappa shape index (κ2) is 10.4. The Morgan fingerprint density at radius 1 is 0.974 bits per heavy atom. The molecule has 4 aromatic rings. The van der Waals surface area contributed by atoms with Crippen molar-refractivity contribution in [2.24, 2.45) is 5.92 Å². The lowest BCUT2D eigenvalue weighted by atomic mass is 9.96. The van der Waals surface area contributed by atoms with Gasteiger partial charge in [-0.1, -0.05) is 38.1 Å². The molecule has 194 valence electrons. The number of aromatic nitrogens is 2. The molecule has 0 unspecified atom stereocenters. The van der Waals surface area contributed by atoms with E-state index in [1.165, 1.54) is 5.56 Å². The topological polar surface area (TPSA) is 62.2 Å². The van der Waals surface area contributed by atoms with Crippen molar-refractivity contribution in [3.05, 3.63) is 107 Å². The number of aryl methyl sites for hydroxylation is 2. The maximum atomic E-state index is 12.3. The lowest BCUT2D eigenvalue weighted by Gasteiger charge is -2.29. The monoisotopic (exact) mass is 523 g/mol. The zero-order valence-electron chi connectivity index (χ0n) is 22.4. The Morgan fingerprint density at radius 3 is 2.37 bits per heavy atom. The van der Waals surface area contributed by atoms with E-state index in [-0.39, 0.29) is 23.9 Å². The number of amides is 1. The van der Waals surface area contributed by atoms with Crippen LogP contribution in [0.15, 0.2) is 79.0 Å². The number of pyridine rings is 1. The van der Waals surface area contributed by atoms with E-state index in [4.69, 9.17) is 17.2 Å². The first-order valence-electron chi connectivity index (χ1n) is 12.9. The van der Waals surface area contributed by atoms with Crippen molar-refractivity contribution < 1.29 is 4.79 Å². The Kier molecular flexibility index (Phi) is 7.04. The SMILES string of the molecule is Cc1cc(N2C(=S)N[C@H](c3ccccn3)[C@H]2c2cc(C)n(-c3ccccc3)c2C)ccc1NC(=O)C(C)C. The van der Waals surface area contributed by atoms with Crippen LogP contribution in [0.1, 0.15) is 54.1 Å². The third-order valence-corrected chi connectivity index (χ3v) is 7.49. The average Bonchev–Trinajstić information content (AvgIpc) is 3.41. The summed E-state index contributed by atoms with van der Waals surface area (Å²) in [6, 6.07) is 24.5. The molecule has 0 radical (unpaired) electrons. The van der Waals surface area contributed by atoms with Crippen LogP contribution in [-0.2, 0) is 4.79 Å². The highest BCUT2D eigenvalue weighted by Crippen LogP contribution is 2.44. The largest absolute Gasteiger partial charge is 0.351 e. The Balaban J connectivity index is 1.61. The van der Waals surface area contributed by atoms with Crippen molar-refractivity contribution >= 4 is 34.6 Å². The molecule has 0 bridgehead atoms. The van der Waals surface area contributed by atoms with E-state index in [9.17, 15) is 4.79 Å². The Hall–Kier alpha value is -3.97. The molecule has 2 atom stereocenters. The first-order valence-corrected chi connectivity index (χ1v) is 13.3. The molecule has 38 heavy (non-hydrogen) atoms. The van der Waals surface area contributed by atoms with Crippen LogP contribution in [0.5, 0.6) is 0 Å². The van der Waals surface area contributed by atoms with E-state index >= 15 is 0 Å². The van der Waals surface area contributed by atoms with Crippen molar-refractivity contribution in [2.45, 2.75) is 46.7 Å². The van der Waals surface area contributed by atoms with Crippen LogP contribution in [0.3, 0.4) is 0 Å². The zero-order valence-corrected chi connectivity index (χ0v) is 23.2. The van der Waals surface area contributed by atoms with Gasteiger partial charge in [0.05, 0.1) is 17.8 Å². The summed E-state index contributed by atoms with van der Waals surface area (Å²) in [5.41, 5.74) is 8.32. The van der Waals surface area contributed by atoms with Crippen LogP contribution < -0.4 is 15.5 Å². The molecule has 3 heterocycles. The average molecular weight is 524 g/mol. The zero-order chi connectivity index (χ0) is 27.0. The molecule has 2 N–H and O–H groups in total. The number of para-hydroxylation sites is 1. The number of benzene rings is 2. The molecule has 2 aromatic heterocycles. The minimum Gasteiger partial charge on any atom is -0.351 e. The summed E-state index contributed by atoms with van der Waals surface area (Å²) in [7, 11) is 0. The maximum Gasteiger partial charge on any atom is 0.226 e. The van der Waals surface area contributed by atoms with Crippen LogP contribution in [0, 0.1) is 26.7 Å². The first kappa shape index (κ1) is 25.7. The summed E-state index contributed by atoms with van der Waals surface area (Å²) < 4.78 is 2.29. The minimum atomic E-state index is -0.131. The molecule has 1 amide bonds. The molecule has 1 saturated heterocycles. The molecule has 0 saturated carbocycles. The lowest BCUT2D eigenvalue weighted by Crippen LogP contribution is -2.29. The highest BCUT2D eigenvalue weighted by molar-refractivity contribution is 7.80. The molecule has 7 heteroatoms. The molecule has 1 aliphatic heterocycles. The van der Waals surface area contributed by atoms with Gasteiger partial charge in [-0.2, -0.15) is 0 Å². The first-order chi connectivity index (χ1) is 18.3. The second-order valence-electron chi connectivity index (χ2n) is 10.1. The van der Waals surface area contributed by atoms with Crippen molar-refractivity contribution in [1.82, 2.24) is 14.9 Å². The molecule has 1 aliphatic rings. The van der Waals surface area contributed by atoms with Gasteiger partial charge in [-0.15, -0.1) is 0 Å². The predicted octanol–water partition coefficient (Wildman–Crippen LogP) is 6.57. The van der Waals surface area contributed by atoms with E-state index in [1.807, 2.05) is 63.4 Å². The molecular weight excluding hydrogens is 490 g/mol. The van der Waals surface area contributed by atoms with Gasteiger partial charge in [0.25, 0.3) is 0 Å². The van der Waals surface area contributed by atoms with Crippen LogP contribution in [0.2, 0.25) is 0 Å². The fraction of sp³-hybridized carbons (Fsp3) is 0.258. The van der Waals surface area contributed by atoms with Gasteiger partial charge in [-0.3, -0.25) is 9.78 Å². The summed E-state index contributed by atoms with van der Waals surface area (Å²) in [4.78, 5) is 19.2. The van der Waals surface area contributed by atoms with Crippen LogP contribution in [0.25, 0.3) is 5.69 Å². The number of rotatable bonds is 6. The molecule has 5 rings (SSSR count). The predicted molar refractivity (Wildman–Crippen MR) is 158 cm³/mol. The number of thiocarbonyl (C=S) groups is 1. The van der Waals surface area contributed by atoms with Crippen LogP contribution >= 0.6 is 12.2 Å². The van der Waals surface area contributed by atoms with Crippen molar-refractivity contribution in [3.8, 4) is 5.69 Å². The molecule has 1 fully saturated rings. The number of carbonyl (C=O) groups is 1. The molecule has 0 spiro atoms. The Bertz CT molecular complexity index is 1480. The van der Waals surface area contributed by atoms with Gasteiger partial charge < -0.3 is 20.1 Å². The Labute approximate surface area is 229 Å². The third-order valence-electron chi connectivity index (χ3n) is 7.17. The standard InChI is InChI=1S/C31H33N5OS/c1-19(2)30(37)33-26-15-14-24(17-20(26)3)36-29(28(34-31(36)38)27-13-9-10-16-32-27)25-18-21(4)35(22(25)5)23-11-7-6-8-12-23/h6-19,28-29H,1-5H3,(H,33,37)(H,34,38)/t28-,29-/m1/s1. The normalized spacial score (nSPS) is 17.1. The van der Waals surface area contributed by atoms with Gasteiger partial charge >= 0.3 is 0 Å². The van der Waals surface area contributed by atoms with E-state index in [0.717, 1.165) is 39.7 Å². The fourth-order valence-corrected chi connectivity index (χ4v) is 5.57. The van der Waals surface area contributed by atoms with E-state index in [1.54, 1.807) is 0 Å². The molecule has 2 aromatic carbocycles. The summed E-state index contributed by atoms with van der Waals surface area (Å²) in [6.45, 7) is 10.1. The van der Waals surface area contributed by atoms with Crippen molar-refractivity contribution in [3.63, 3.8) is 0 Å². The number of hydrogen-bond donors (Lipinski definition) is 2. The summed E-state index contributed by atoms with van der Waals surface area (Å²) in [5.74, 6) is -0.0894. The summed E-state index contributed by atoms with van der Waals surface area (Å²) in [6.07, 6.45) is 1.82. The van der Waals surface area contributed by atoms with Gasteiger partial charge in [-0.05, 0) is 92.6 Å². The van der Waals surface area contributed by atoms with E-state index in [2.05, 4.69) is 70.3 Å². The lowest BCUT2D eigenvalue weighted by molar-refractivity contribution is -0.118. The van der Waals surface area contributed by atoms with Gasteiger partial charge in [0.15, 0.2) is 5.11 Å². The molecule has 6 nitrogen and oxygen atoms in total. The van der Waals surface area contributed by atoms with Gasteiger partial charge in [0.1, 0.15) is 0 Å². The number of anilines is 2. The highest BCUT2D eigenvalue weighted by Gasteiger charge is 2.42. The van der Waals surface area contributed by atoms with Gasteiger partial charge in [-0.25, -0.2) is 0 Å². The van der Waals surface area contributed by atoms with E-state index < -0.39 is 0 Å². The van der Waals surface area contributed by atoms with E-state index in [0.29, 0.717) is 5.11 Å². The number of hydrogen-bond acceptors (Lipinski definition) is 3. The number of nitrogens with one attached hydrogen (secondary N) is 2. The Morgan fingerprint density at radius 2 is 1.71 bits per heavy atom. The minimum absolute atomic E-state index is 0.000606. The van der Waals surface area contributed by atoms with Crippen LogP contribution in [0.4, 0.5) is 11.4 Å². The summed E-state index contributed by atoms with van der Waals surface area (Å²) >= 11 is 5.94. The third kappa shape index (κ3) is 4.70.